The number of carbonyl (C=O) groups is 2. The zero-order valence-corrected chi connectivity index (χ0v) is 14.7. The number of ketones is 1. The van der Waals surface area contributed by atoms with E-state index in [9.17, 15) is 9.59 Å². The number of benzene rings is 2. The summed E-state index contributed by atoms with van der Waals surface area (Å²) in [5, 5.41) is 1.91. The van der Waals surface area contributed by atoms with Crippen LogP contribution in [0.3, 0.4) is 0 Å². The number of aryl methyl sites for hydroxylation is 1. The van der Waals surface area contributed by atoms with Crippen LogP contribution in [0.2, 0.25) is 0 Å². The zero-order chi connectivity index (χ0) is 17.9. The fourth-order valence-electron chi connectivity index (χ4n) is 2.96. The zero-order valence-electron chi connectivity index (χ0n) is 14.7. The van der Waals surface area contributed by atoms with Crippen LogP contribution in [-0.4, -0.2) is 38.2 Å². The maximum atomic E-state index is 12.7. The molecule has 2 aromatic carbocycles. The van der Waals surface area contributed by atoms with Crippen LogP contribution in [0.5, 0.6) is 0 Å². The highest BCUT2D eigenvalue weighted by molar-refractivity contribution is 6.41. The van der Waals surface area contributed by atoms with Crippen molar-refractivity contribution in [2.75, 3.05) is 19.1 Å². The van der Waals surface area contributed by atoms with Gasteiger partial charge in [0.15, 0.2) is 6.29 Å². The molecule has 1 amide bonds. The molecule has 0 saturated carbocycles. The number of ether oxygens (including phenoxy) is 2. The summed E-state index contributed by atoms with van der Waals surface area (Å²) in [6.45, 7) is 5.00. The van der Waals surface area contributed by atoms with Crippen LogP contribution >= 0.6 is 0 Å². The van der Waals surface area contributed by atoms with Crippen LogP contribution in [0.4, 0.5) is 5.69 Å². The Morgan fingerprint density at radius 2 is 1.67 bits per heavy atom. The molecule has 0 aromatic heterocycles. The summed E-state index contributed by atoms with van der Waals surface area (Å²) in [5.74, 6) is -1.11. The molecule has 0 aliphatic carbocycles. The molecule has 0 bridgehead atoms. The van der Waals surface area contributed by atoms with Crippen LogP contribution in [-0.2, 0) is 19.1 Å². The Hall–Kier alpha value is -2.24. The highest BCUT2D eigenvalue weighted by Gasteiger charge is 2.32. The third kappa shape index (κ3) is 3.32. The molecule has 0 radical (unpaired) electrons. The Morgan fingerprint density at radius 1 is 1.04 bits per heavy atom. The maximum absolute atomic E-state index is 12.7. The summed E-state index contributed by atoms with van der Waals surface area (Å²) < 4.78 is 10.6. The normalized spacial score (nSPS) is 12.4. The monoisotopic (exact) mass is 329 g/mol. The number of methoxy groups -OCH3 is 2. The van der Waals surface area contributed by atoms with Crippen molar-refractivity contribution in [1.82, 2.24) is 0 Å². The number of fused-ring (bicyclic) bond motifs is 1. The van der Waals surface area contributed by atoms with E-state index in [0.29, 0.717) is 5.69 Å². The molecular weight excluding hydrogens is 306 g/mol. The average Bonchev–Trinajstić information content (AvgIpc) is 2.58. The predicted octanol–water partition coefficient (Wildman–Crippen LogP) is 3.08. The highest BCUT2D eigenvalue weighted by Crippen LogP contribution is 2.33. The van der Waals surface area contributed by atoms with Gasteiger partial charge in [0.1, 0.15) is 0 Å². The Kier molecular flexibility index (Phi) is 5.70. The lowest BCUT2D eigenvalue weighted by atomic mass is 10.0. The minimum atomic E-state index is -0.647. The van der Waals surface area contributed by atoms with Gasteiger partial charge in [-0.15, -0.1) is 0 Å². The molecule has 0 aliphatic heterocycles. The second kappa shape index (κ2) is 7.55. The minimum absolute atomic E-state index is 0.471. The van der Waals surface area contributed by atoms with Crippen molar-refractivity contribution in [3.05, 3.63) is 42.0 Å². The van der Waals surface area contributed by atoms with Gasteiger partial charge in [0, 0.05) is 26.5 Å². The van der Waals surface area contributed by atoms with E-state index in [1.807, 2.05) is 43.3 Å². The van der Waals surface area contributed by atoms with Crippen LogP contribution in [0, 0.1) is 6.92 Å². The number of Topliss-reactive ketones (excluding diaryl/α,β-unsaturated/α-hetero) is 1. The van der Waals surface area contributed by atoms with Gasteiger partial charge in [-0.25, -0.2) is 0 Å². The number of hydrogen-bond donors (Lipinski definition) is 0. The predicted molar refractivity (Wildman–Crippen MR) is 94.1 cm³/mol. The van der Waals surface area contributed by atoms with Crippen molar-refractivity contribution >= 4 is 28.2 Å². The summed E-state index contributed by atoms with van der Waals surface area (Å²) >= 11 is 0. The molecule has 24 heavy (non-hydrogen) atoms. The summed E-state index contributed by atoms with van der Waals surface area (Å²) in [6, 6.07) is 11.2. The molecule has 0 N–H and O–H groups in total. The standard InChI is InChI=1S/C19H23NO4/c1-12-10-11-15-8-6-7-9-16(15)17(12)20(18(22)14(3)21)13(2)19(23-4)24-5/h6-11,13,19H,1-5H3. The van der Waals surface area contributed by atoms with E-state index >= 15 is 0 Å². The van der Waals surface area contributed by atoms with Gasteiger partial charge in [0.05, 0.1) is 11.7 Å². The summed E-state index contributed by atoms with van der Waals surface area (Å²) in [5.41, 5.74) is 1.61. The Labute approximate surface area is 142 Å². The molecule has 0 saturated heterocycles. The Morgan fingerprint density at radius 3 is 2.25 bits per heavy atom. The van der Waals surface area contributed by atoms with E-state index in [2.05, 4.69) is 0 Å². The van der Waals surface area contributed by atoms with E-state index in [4.69, 9.17) is 9.47 Å². The molecule has 0 fully saturated rings. The van der Waals surface area contributed by atoms with Crippen molar-refractivity contribution in [3.8, 4) is 0 Å². The van der Waals surface area contributed by atoms with Gasteiger partial charge < -0.3 is 9.47 Å². The number of amides is 1. The Balaban J connectivity index is 2.70. The van der Waals surface area contributed by atoms with Crippen LogP contribution in [0.15, 0.2) is 36.4 Å². The van der Waals surface area contributed by atoms with Gasteiger partial charge >= 0.3 is 0 Å². The number of anilines is 1. The lowest BCUT2D eigenvalue weighted by molar-refractivity contribution is -0.139. The van der Waals surface area contributed by atoms with E-state index in [1.165, 1.54) is 26.0 Å². The van der Waals surface area contributed by atoms with E-state index in [-0.39, 0.29) is 0 Å². The van der Waals surface area contributed by atoms with Gasteiger partial charge in [-0.2, -0.15) is 0 Å². The van der Waals surface area contributed by atoms with Gasteiger partial charge in [-0.05, 0) is 24.8 Å². The second-order valence-electron chi connectivity index (χ2n) is 5.76. The molecule has 128 valence electrons. The largest absolute Gasteiger partial charge is 0.354 e. The minimum Gasteiger partial charge on any atom is -0.354 e. The topological polar surface area (TPSA) is 55.8 Å². The van der Waals surface area contributed by atoms with Crippen molar-refractivity contribution in [1.29, 1.82) is 0 Å². The first-order valence-corrected chi connectivity index (χ1v) is 7.80. The molecular formula is C19H23NO4. The Bertz CT molecular complexity index is 752. The third-order valence-corrected chi connectivity index (χ3v) is 4.13. The molecule has 0 aliphatic rings. The van der Waals surface area contributed by atoms with Crippen molar-refractivity contribution < 1.29 is 19.1 Å². The molecule has 2 rings (SSSR count). The first-order chi connectivity index (χ1) is 11.4. The highest BCUT2D eigenvalue weighted by atomic mass is 16.7. The van der Waals surface area contributed by atoms with Crippen molar-refractivity contribution in [3.63, 3.8) is 0 Å². The number of nitrogens with zero attached hydrogens (tertiary/aromatic N) is 1. The number of rotatable bonds is 6. The van der Waals surface area contributed by atoms with E-state index in [1.54, 1.807) is 6.92 Å². The molecule has 5 heteroatoms. The molecule has 5 nitrogen and oxygen atoms in total. The van der Waals surface area contributed by atoms with Gasteiger partial charge in [0.25, 0.3) is 5.91 Å². The quantitative estimate of drug-likeness (QED) is 0.604. The number of hydrogen-bond acceptors (Lipinski definition) is 4. The lowest BCUT2D eigenvalue weighted by Gasteiger charge is -2.34. The number of carbonyl (C=O) groups excluding carboxylic acids is 2. The smallest absolute Gasteiger partial charge is 0.294 e. The van der Waals surface area contributed by atoms with Gasteiger partial charge in [-0.1, -0.05) is 36.4 Å². The lowest BCUT2D eigenvalue weighted by Crippen LogP contribution is -2.49. The van der Waals surface area contributed by atoms with E-state index in [0.717, 1.165) is 16.3 Å². The molecule has 1 atom stereocenters. The summed E-state index contributed by atoms with van der Waals surface area (Å²) in [6.07, 6.45) is -0.647. The van der Waals surface area contributed by atoms with Crippen LogP contribution < -0.4 is 4.90 Å². The van der Waals surface area contributed by atoms with E-state index < -0.39 is 24.0 Å². The first kappa shape index (κ1) is 18.1. The molecule has 2 aromatic rings. The average molecular weight is 329 g/mol. The van der Waals surface area contributed by atoms with Crippen molar-refractivity contribution in [2.45, 2.75) is 33.1 Å². The maximum Gasteiger partial charge on any atom is 0.294 e. The summed E-state index contributed by atoms with van der Waals surface area (Å²) in [7, 11) is 3.02. The fraction of sp³-hybridized carbons (Fsp3) is 0.368. The van der Waals surface area contributed by atoms with Crippen molar-refractivity contribution in [2.24, 2.45) is 0 Å². The fourth-order valence-corrected chi connectivity index (χ4v) is 2.96. The first-order valence-electron chi connectivity index (χ1n) is 7.80. The SMILES string of the molecule is COC(OC)C(C)N(C(=O)C(C)=O)c1c(C)ccc2ccccc12. The third-order valence-electron chi connectivity index (χ3n) is 4.13. The second-order valence-corrected chi connectivity index (χ2v) is 5.76. The molecule has 0 heterocycles. The van der Waals surface area contributed by atoms with Gasteiger partial charge in [0.2, 0.25) is 5.78 Å². The van der Waals surface area contributed by atoms with Crippen LogP contribution in [0.25, 0.3) is 10.8 Å². The molecule has 0 spiro atoms. The summed E-state index contributed by atoms with van der Waals surface area (Å²) in [4.78, 5) is 26.0. The van der Waals surface area contributed by atoms with Crippen LogP contribution in [0.1, 0.15) is 19.4 Å². The van der Waals surface area contributed by atoms with Gasteiger partial charge in [-0.3, -0.25) is 14.5 Å². The molecule has 1 unspecified atom stereocenters.